The molecule has 0 saturated heterocycles. The zero-order valence-corrected chi connectivity index (χ0v) is 13.9. The average molecular weight is 353 g/mol. The molecule has 0 amide bonds. The molecule has 0 spiro atoms. The van der Waals surface area contributed by atoms with Gasteiger partial charge in [0, 0.05) is 0 Å². The minimum atomic E-state index is -0.551. The molecule has 132 valence electrons. The van der Waals surface area contributed by atoms with E-state index in [9.17, 15) is 9.18 Å². The van der Waals surface area contributed by atoms with E-state index in [1.54, 1.807) is 25.3 Å². The van der Waals surface area contributed by atoms with Gasteiger partial charge in [-0.1, -0.05) is 24.3 Å². The zero-order valence-electron chi connectivity index (χ0n) is 13.9. The van der Waals surface area contributed by atoms with Crippen molar-refractivity contribution in [3.63, 3.8) is 0 Å². The summed E-state index contributed by atoms with van der Waals surface area (Å²) in [7, 11) is 0. The number of benzene rings is 2. The van der Waals surface area contributed by atoms with Gasteiger partial charge in [-0.3, -0.25) is 5.43 Å². The summed E-state index contributed by atoms with van der Waals surface area (Å²) in [5.74, 6) is 0.666. The zero-order chi connectivity index (χ0) is 18.4. The van der Waals surface area contributed by atoms with Crippen molar-refractivity contribution in [2.45, 2.75) is 13.5 Å². The first-order valence-corrected chi connectivity index (χ1v) is 7.80. The van der Waals surface area contributed by atoms with Crippen LogP contribution < -0.4 is 15.9 Å². The van der Waals surface area contributed by atoms with Crippen LogP contribution in [0, 0.1) is 12.7 Å². The van der Waals surface area contributed by atoms with E-state index in [1.165, 1.54) is 12.1 Å². The number of hydrogen-bond acceptors (Lipinski definition) is 6. The van der Waals surface area contributed by atoms with Crippen LogP contribution in [0.5, 0.6) is 5.75 Å². The van der Waals surface area contributed by atoms with Gasteiger partial charge in [0.05, 0.1) is 6.21 Å². The molecular formula is C18H16FN5O2. The maximum absolute atomic E-state index is 12.9. The Morgan fingerprint density at radius 2 is 2.08 bits per heavy atom. The highest BCUT2D eigenvalue weighted by Crippen LogP contribution is 2.15. The molecule has 0 radical (unpaired) electrons. The van der Waals surface area contributed by atoms with Crippen LogP contribution in [0.3, 0.4) is 0 Å². The van der Waals surface area contributed by atoms with Crippen molar-refractivity contribution in [2.75, 3.05) is 5.43 Å². The lowest BCUT2D eigenvalue weighted by molar-refractivity contribution is 0.306. The molecule has 7 nitrogen and oxygen atoms in total. The average Bonchev–Trinajstić information content (AvgIpc) is 2.64. The van der Waals surface area contributed by atoms with Crippen molar-refractivity contribution in [1.82, 2.24) is 15.2 Å². The largest absolute Gasteiger partial charge is 0.489 e. The van der Waals surface area contributed by atoms with Gasteiger partial charge in [0.15, 0.2) is 5.82 Å². The first-order chi connectivity index (χ1) is 12.6. The summed E-state index contributed by atoms with van der Waals surface area (Å²) in [5.41, 5.74) is 4.33. The molecule has 8 heteroatoms. The number of H-pyrrole nitrogens is 1. The van der Waals surface area contributed by atoms with Gasteiger partial charge >= 0.3 is 5.69 Å². The van der Waals surface area contributed by atoms with Gasteiger partial charge in [0.25, 0.3) is 0 Å². The normalized spacial score (nSPS) is 10.8. The molecule has 26 heavy (non-hydrogen) atoms. The van der Waals surface area contributed by atoms with Gasteiger partial charge in [-0.15, -0.1) is 0 Å². The first kappa shape index (κ1) is 17.3. The van der Waals surface area contributed by atoms with Crippen LogP contribution in [0.2, 0.25) is 0 Å². The van der Waals surface area contributed by atoms with E-state index in [0.29, 0.717) is 18.1 Å². The van der Waals surface area contributed by atoms with E-state index in [1.807, 2.05) is 24.3 Å². The number of aromatic amines is 1. The highest BCUT2D eigenvalue weighted by molar-refractivity contribution is 5.80. The number of hydrogen-bond donors (Lipinski definition) is 2. The Balaban J connectivity index is 1.62. The van der Waals surface area contributed by atoms with Gasteiger partial charge in [-0.2, -0.15) is 15.2 Å². The molecule has 3 rings (SSSR count). The highest BCUT2D eigenvalue weighted by atomic mass is 19.1. The molecule has 0 saturated carbocycles. The second-order valence-electron chi connectivity index (χ2n) is 5.43. The van der Waals surface area contributed by atoms with Crippen molar-refractivity contribution >= 4 is 12.0 Å². The van der Waals surface area contributed by atoms with Gasteiger partial charge < -0.3 is 4.74 Å². The van der Waals surface area contributed by atoms with Crippen LogP contribution in [0.25, 0.3) is 0 Å². The van der Waals surface area contributed by atoms with Crippen LogP contribution in [0.1, 0.15) is 16.8 Å². The van der Waals surface area contributed by atoms with Gasteiger partial charge in [0.2, 0.25) is 0 Å². The fourth-order valence-corrected chi connectivity index (χ4v) is 2.10. The molecule has 0 unspecified atom stereocenters. The van der Waals surface area contributed by atoms with Crippen molar-refractivity contribution in [1.29, 1.82) is 0 Å². The fraction of sp³-hybridized carbons (Fsp3) is 0.111. The van der Waals surface area contributed by atoms with E-state index >= 15 is 0 Å². The quantitative estimate of drug-likeness (QED) is 0.525. The monoisotopic (exact) mass is 353 g/mol. The number of ether oxygens (including phenoxy) is 1. The number of rotatable bonds is 6. The first-order valence-electron chi connectivity index (χ1n) is 7.80. The minimum absolute atomic E-state index is 0.278. The molecular weight excluding hydrogens is 337 g/mol. The van der Waals surface area contributed by atoms with E-state index < -0.39 is 5.69 Å². The summed E-state index contributed by atoms with van der Waals surface area (Å²) in [6.45, 7) is 2.03. The molecule has 2 N–H and O–H groups in total. The maximum atomic E-state index is 12.9. The summed E-state index contributed by atoms with van der Waals surface area (Å²) in [4.78, 5) is 14.9. The Kier molecular flexibility index (Phi) is 5.33. The Morgan fingerprint density at radius 3 is 2.88 bits per heavy atom. The number of aryl methyl sites for hydroxylation is 1. The molecule has 0 aliphatic rings. The third-order valence-electron chi connectivity index (χ3n) is 3.44. The molecule has 2 aromatic carbocycles. The molecule has 1 heterocycles. The van der Waals surface area contributed by atoms with E-state index in [-0.39, 0.29) is 11.6 Å². The lowest BCUT2D eigenvalue weighted by atomic mass is 10.2. The van der Waals surface area contributed by atoms with Crippen LogP contribution in [-0.4, -0.2) is 21.4 Å². The molecule has 1 aromatic heterocycles. The smallest absolute Gasteiger partial charge is 0.363 e. The predicted octanol–water partition coefficient (Wildman–Crippen LogP) is 2.64. The molecule has 0 fully saturated rings. The van der Waals surface area contributed by atoms with Crippen molar-refractivity contribution in [2.24, 2.45) is 5.10 Å². The van der Waals surface area contributed by atoms with Gasteiger partial charge in [-0.05, 0) is 42.3 Å². The van der Waals surface area contributed by atoms with Gasteiger partial charge in [0.1, 0.15) is 23.9 Å². The standard InChI is InChI=1S/C18H16FN5O2/c1-12-17(21-18(25)24-22-12)23-20-10-14-3-2-4-16(9-14)26-11-13-5-7-15(19)8-6-13/h2-10H,11H2,1H3,(H2,21,23,24,25)/b20-10+. The lowest BCUT2D eigenvalue weighted by Gasteiger charge is -2.07. The SMILES string of the molecule is Cc1n[nH]c(=O)nc1N/N=C/c1cccc(OCc2ccc(F)cc2)c1. The number of nitrogens with zero attached hydrogens (tertiary/aromatic N) is 3. The van der Waals surface area contributed by atoms with Crippen molar-refractivity contribution in [3.05, 3.63) is 81.7 Å². The van der Waals surface area contributed by atoms with Crippen LogP contribution >= 0.6 is 0 Å². The molecule has 0 aliphatic carbocycles. The van der Waals surface area contributed by atoms with Crippen molar-refractivity contribution < 1.29 is 9.13 Å². The summed E-state index contributed by atoms with van der Waals surface area (Å²) >= 11 is 0. The molecule has 0 atom stereocenters. The van der Waals surface area contributed by atoms with Crippen LogP contribution in [0.4, 0.5) is 10.2 Å². The van der Waals surface area contributed by atoms with Crippen LogP contribution in [0.15, 0.2) is 58.4 Å². The topological polar surface area (TPSA) is 92.3 Å². The Hall–Kier alpha value is -3.55. The predicted molar refractivity (Wildman–Crippen MR) is 95.8 cm³/mol. The second kappa shape index (κ2) is 8.02. The second-order valence-corrected chi connectivity index (χ2v) is 5.43. The number of nitrogens with one attached hydrogen (secondary N) is 2. The Bertz CT molecular complexity index is 970. The summed E-state index contributed by atoms with van der Waals surface area (Å²) in [5, 5.41) is 10.1. The van der Waals surface area contributed by atoms with Gasteiger partial charge in [-0.25, -0.2) is 14.3 Å². The number of anilines is 1. The highest BCUT2D eigenvalue weighted by Gasteiger charge is 2.01. The summed E-state index contributed by atoms with van der Waals surface area (Å²) < 4.78 is 18.6. The summed E-state index contributed by atoms with van der Waals surface area (Å²) in [6, 6.07) is 13.5. The van der Waals surface area contributed by atoms with Crippen molar-refractivity contribution in [3.8, 4) is 5.75 Å². The number of halogens is 1. The molecule has 0 aliphatic heterocycles. The maximum Gasteiger partial charge on any atom is 0.363 e. The number of aromatic nitrogens is 3. The van der Waals surface area contributed by atoms with Crippen LogP contribution in [-0.2, 0) is 6.61 Å². The van der Waals surface area contributed by atoms with E-state index in [2.05, 4.69) is 25.7 Å². The van der Waals surface area contributed by atoms with E-state index in [4.69, 9.17) is 4.74 Å². The summed E-state index contributed by atoms with van der Waals surface area (Å²) in [6.07, 6.45) is 1.58. The third-order valence-corrected chi connectivity index (χ3v) is 3.44. The molecule has 3 aromatic rings. The minimum Gasteiger partial charge on any atom is -0.489 e. The fourth-order valence-electron chi connectivity index (χ4n) is 2.10. The number of hydrazone groups is 1. The molecule has 0 bridgehead atoms. The van der Waals surface area contributed by atoms with E-state index in [0.717, 1.165) is 11.1 Å². The third kappa shape index (κ3) is 4.73. The lowest BCUT2D eigenvalue weighted by Crippen LogP contribution is -2.15. The Labute approximate surface area is 148 Å². The Morgan fingerprint density at radius 1 is 1.27 bits per heavy atom.